The smallest absolute Gasteiger partial charge is 0.274 e. The fourth-order valence-electron chi connectivity index (χ4n) is 5.90. The van der Waals surface area contributed by atoms with E-state index >= 15 is 0 Å². The lowest BCUT2D eigenvalue weighted by Gasteiger charge is -2.30. The first-order valence-electron chi connectivity index (χ1n) is 9.87. The van der Waals surface area contributed by atoms with Crippen molar-refractivity contribution in [2.45, 2.75) is 64.0 Å². The number of aromatic amines is 1. The molecule has 25 heavy (non-hydrogen) atoms. The summed E-state index contributed by atoms with van der Waals surface area (Å²) >= 11 is 0. The topological polar surface area (TPSA) is 61.0 Å². The van der Waals surface area contributed by atoms with Crippen molar-refractivity contribution < 1.29 is 4.79 Å². The van der Waals surface area contributed by atoms with Gasteiger partial charge in [0, 0.05) is 43.4 Å². The van der Waals surface area contributed by atoms with E-state index in [4.69, 9.17) is 0 Å². The molecule has 4 aliphatic rings. The van der Waals surface area contributed by atoms with E-state index in [2.05, 4.69) is 20.4 Å². The summed E-state index contributed by atoms with van der Waals surface area (Å²) in [5.41, 5.74) is 2.94. The Morgan fingerprint density at radius 2 is 2.16 bits per heavy atom. The largest absolute Gasteiger partial charge is 0.334 e. The summed E-state index contributed by atoms with van der Waals surface area (Å²) in [6, 6.07) is 0.450. The van der Waals surface area contributed by atoms with Gasteiger partial charge in [-0.1, -0.05) is 6.42 Å². The van der Waals surface area contributed by atoms with Crippen molar-refractivity contribution in [2.75, 3.05) is 13.1 Å². The number of nitrogens with one attached hydrogen (secondary N) is 2. The Bertz CT molecular complexity index is 645. The summed E-state index contributed by atoms with van der Waals surface area (Å²) in [4.78, 5) is 15.3. The molecule has 2 N–H and O–H groups in total. The zero-order chi connectivity index (χ0) is 16.1. The number of likely N-dealkylation sites (tertiary alicyclic amines) is 1. The monoisotopic (exact) mass is 364 g/mol. The molecule has 4 atom stereocenters. The van der Waals surface area contributed by atoms with E-state index in [0.29, 0.717) is 11.7 Å². The van der Waals surface area contributed by atoms with Crippen LogP contribution in [-0.2, 0) is 13.0 Å². The molecule has 0 spiro atoms. The number of hydrogen-bond acceptors (Lipinski definition) is 3. The molecule has 1 saturated heterocycles. The zero-order valence-electron chi connectivity index (χ0n) is 14.8. The Kier molecular flexibility index (Phi) is 4.80. The lowest BCUT2D eigenvalue weighted by Crippen LogP contribution is -2.38. The fourth-order valence-corrected chi connectivity index (χ4v) is 5.90. The second-order valence-electron chi connectivity index (χ2n) is 8.42. The van der Waals surface area contributed by atoms with Gasteiger partial charge in [-0.25, -0.2) is 0 Å². The molecule has 3 heterocycles. The molecule has 0 aromatic carbocycles. The van der Waals surface area contributed by atoms with Gasteiger partial charge < -0.3 is 10.2 Å². The second-order valence-corrected chi connectivity index (χ2v) is 8.42. The van der Waals surface area contributed by atoms with E-state index < -0.39 is 0 Å². The summed E-state index contributed by atoms with van der Waals surface area (Å²) < 4.78 is 0. The third kappa shape index (κ3) is 2.99. The standard InChI is InChI=1S/C19H28N4O.ClH/c24-19(18-16-11-20-6-5-17(16)21-22-18)23-7-1-2-15(23)10-14-9-12-3-4-13(14)8-12;/h12-15,20H,1-11H2,(H,21,22);1H. The van der Waals surface area contributed by atoms with Crippen LogP contribution in [0.25, 0.3) is 0 Å². The highest BCUT2D eigenvalue weighted by atomic mass is 35.5. The van der Waals surface area contributed by atoms with Gasteiger partial charge in [-0.05, 0) is 56.3 Å². The minimum absolute atomic E-state index is 0. The Balaban J connectivity index is 0.00000157. The van der Waals surface area contributed by atoms with Gasteiger partial charge in [0.05, 0.1) is 0 Å². The van der Waals surface area contributed by atoms with Crippen molar-refractivity contribution in [1.29, 1.82) is 0 Å². The van der Waals surface area contributed by atoms with Gasteiger partial charge in [-0.2, -0.15) is 5.10 Å². The molecule has 0 radical (unpaired) electrons. The molecule has 138 valence electrons. The maximum Gasteiger partial charge on any atom is 0.274 e. The SMILES string of the molecule is Cl.O=C(c1n[nH]c2c1CNCC2)N1CCCC1CC1CC2CCC1C2. The average Bonchev–Trinajstić information content (AvgIpc) is 3.38. The number of hydrogen-bond donors (Lipinski definition) is 2. The average molecular weight is 365 g/mol. The molecule has 2 aliphatic heterocycles. The molecule has 3 fully saturated rings. The molecule has 1 aromatic rings. The molecule has 2 saturated carbocycles. The first-order chi connectivity index (χ1) is 11.8. The number of H-pyrrole nitrogens is 1. The lowest BCUT2D eigenvalue weighted by molar-refractivity contribution is 0.0700. The van der Waals surface area contributed by atoms with Crippen molar-refractivity contribution in [3.8, 4) is 0 Å². The van der Waals surface area contributed by atoms with E-state index in [1.54, 1.807) is 0 Å². The van der Waals surface area contributed by atoms with Crippen LogP contribution in [0.4, 0.5) is 0 Å². The molecular formula is C19H29ClN4O. The molecule has 4 unspecified atom stereocenters. The van der Waals surface area contributed by atoms with Crippen LogP contribution in [-0.4, -0.2) is 40.1 Å². The summed E-state index contributed by atoms with van der Waals surface area (Å²) in [5, 5.41) is 10.9. The van der Waals surface area contributed by atoms with E-state index in [-0.39, 0.29) is 18.3 Å². The molecule has 1 amide bonds. The maximum atomic E-state index is 13.1. The van der Waals surface area contributed by atoms with E-state index in [1.165, 1.54) is 38.5 Å². The molecule has 6 heteroatoms. The van der Waals surface area contributed by atoms with Crippen molar-refractivity contribution in [3.05, 3.63) is 17.0 Å². The number of fused-ring (bicyclic) bond motifs is 3. The van der Waals surface area contributed by atoms with Crippen LogP contribution in [0.15, 0.2) is 0 Å². The van der Waals surface area contributed by atoms with Crippen LogP contribution < -0.4 is 5.32 Å². The van der Waals surface area contributed by atoms with Gasteiger partial charge in [-0.3, -0.25) is 9.89 Å². The molecule has 5 nitrogen and oxygen atoms in total. The van der Waals surface area contributed by atoms with Gasteiger partial charge in [-0.15, -0.1) is 12.4 Å². The molecular weight excluding hydrogens is 336 g/mol. The molecule has 5 rings (SSSR count). The number of carbonyl (C=O) groups excluding carboxylic acids is 1. The second kappa shape index (κ2) is 6.92. The summed E-state index contributed by atoms with van der Waals surface area (Å²) in [6.45, 7) is 2.66. The Labute approximate surface area is 155 Å². The summed E-state index contributed by atoms with van der Waals surface area (Å²) in [5.74, 6) is 2.99. The normalized spacial score (nSPS) is 33.4. The third-order valence-electron chi connectivity index (χ3n) is 7.11. The van der Waals surface area contributed by atoms with Gasteiger partial charge in [0.25, 0.3) is 5.91 Å². The van der Waals surface area contributed by atoms with E-state index in [1.807, 2.05) is 0 Å². The van der Waals surface area contributed by atoms with Crippen molar-refractivity contribution in [2.24, 2.45) is 17.8 Å². The highest BCUT2D eigenvalue weighted by Gasteiger charge is 2.42. The van der Waals surface area contributed by atoms with Crippen molar-refractivity contribution in [3.63, 3.8) is 0 Å². The van der Waals surface area contributed by atoms with Crippen LogP contribution in [0.1, 0.15) is 66.7 Å². The molecule has 2 aliphatic carbocycles. The van der Waals surface area contributed by atoms with E-state index in [9.17, 15) is 4.79 Å². The lowest BCUT2D eigenvalue weighted by atomic mass is 9.83. The van der Waals surface area contributed by atoms with Crippen LogP contribution in [0, 0.1) is 17.8 Å². The van der Waals surface area contributed by atoms with Crippen molar-refractivity contribution >= 4 is 18.3 Å². The maximum absolute atomic E-state index is 13.1. The minimum atomic E-state index is 0. The number of carbonyl (C=O) groups is 1. The molecule has 1 aromatic heterocycles. The minimum Gasteiger partial charge on any atom is -0.334 e. The van der Waals surface area contributed by atoms with E-state index in [0.717, 1.165) is 61.5 Å². The first kappa shape index (κ1) is 17.3. The summed E-state index contributed by atoms with van der Waals surface area (Å²) in [7, 11) is 0. The van der Waals surface area contributed by atoms with Crippen LogP contribution in [0.2, 0.25) is 0 Å². The van der Waals surface area contributed by atoms with Crippen LogP contribution >= 0.6 is 12.4 Å². The third-order valence-corrected chi connectivity index (χ3v) is 7.11. The van der Waals surface area contributed by atoms with Gasteiger partial charge >= 0.3 is 0 Å². The Hall–Kier alpha value is -1.07. The fraction of sp³-hybridized carbons (Fsp3) is 0.789. The number of amides is 1. The number of rotatable bonds is 3. The highest BCUT2D eigenvalue weighted by molar-refractivity contribution is 5.94. The van der Waals surface area contributed by atoms with Gasteiger partial charge in [0.2, 0.25) is 0 Å². The van der Waals surface area contributed by atoms with Gasteiger partial charge in [0.15, 0.2) is 5.69 Å². The van der Waals surface area contributed by atoms with Gasteiger partial charge in [0.1, 0.15) is 0 Å². The zero-order valence-corrected chi connectivity index (χ0v) is 15.6. The highest BCUT2D eigenvalue weighted by Crippen LogP contribution is 2.50. The number of nitrogens with zero attached hydrogens (tertiary/aromatic N) is 2. The first-order valence-corrected chi connectivity index (χ1v) is 9.87. The van der Waals surface area contributed by atoms with Crippen LogP contribution in [0.3, 0.4) is 0 Å². The number of halogens is 1. The predicted octanol–water partition coefficient (Wildman–Crippen LogP) is 2.91. The Morgan fingerprint density at radius 3 is 2.96 bits per heavy atom. The van der Waals surface area contributed by atoms with Crippen molar-refractivity contribution in [1.82, 2.24) is 20.4 Å². The van der Waals surface area contributed by atoms with Crippen LogP contribution in [0.5, 0.6) is 0 Å². The molecule has 2 bridgehead atoms. The summed E-state index contributed by atoms with van der Waals surface area (Å²) in [6.07, 6.45) is 10.3. The number of aromatic nitrogens is 2. The Morgan fingerprint density at radius 1 is 1.24 bits per heavy atom. The quantitative estimate of drug-likeness (QED) is 0.866. The predicted molar refractivity (Wildman–Crippen MR) is 98.9 cm³/mol.